The van der Waals surface area contributed by atoms with Gasteiger partial charge in [0.05, 0.1) is 6.61 Å². The Kier molecular flexibility index (Phi) is 8.02. The van der Waals surface area contributed by atoms with Crippen LogP contribution < -0.4 is 27.0 Å². The Balaban J connectivity index is 1.77. The van der Waals surface area contributed by atoms with Gasteiger partial charge in [-0.05, 0) is 43.5 Å². The molecule has 3 rings (SSSR count). The fourth-order valence-corrected chi connectivity index (χ4v) is 3.77. The minimum atomic E-state index is -0.594. The number of methoxy groups -OCH3 is 1. The number of ether oxygens (including phenoxy) is 1. The molecule has 1 aliphatic rings. The largest absolute Gasteiger partial charge is 0.383 e. The van der Waals surface area contributed by atoms with E-state index in [1.165, 1.54) is 43.1 Å². The number of benzene rings is 1. The number of aromatic nitrogens is 2. The molecule has 1 saturated heterocycles. The number of nitrogens with two attached hydrogens (primary N) is 2. The number of anilines is 4. The molecule has 168 valence electrons. The molecule has 2 aromatic rings. The maximum Gasteiger partial charge on any atom is 0.254 e. The number of primary amides is 1. The van der Waals surface area contributed by atoms with Crippen molar-refractivity contribution in [3.05, 3.63) is 35.5 Å². The Hall–Kier alpha value is -2.91. The number of hydrogen-bond donors (Lipinski definition) is 4. The summed E-state index contributed by atoms with van der Waals surface area (Å²) in [7, 11) is 1.60. The van der Waals surface area contributed by atoms with Gasteiger partial charge >= 0.3 is 0 Å². The summed E-state index contributed by atoms with van der Waals surface area (Å²) in [5.74, 6) is 0.118. The average molecular weight is 428 g/mol. The summed E-state index contributed by atoms with van der Waals surface area (Å²) in [6, 6.07) is 5.99. The summed E-state index contributed by atoms with van der Waals surface area (Å²) in [5.41, 5.74) is 14.9. The Labute approximate surface area is 183 Å². The molecule has 1 amide bonds. The van der Waals surface area contributed by atoms with Gasteiger partial charge in [-0.2, -0.15) is 4.98 Å². The molecule has 0 unspecified atom stereocenters. The number of carbonyl (C=O) groups excluding carboxylic acids is 1. The van der Waals surface area contributed by atoms with Gasteiger partial charge in [-0.25, -0.2) is 4.98 Å². The van der Waals surface area contributed by atoms with Gasteiger partial charge in [-0.1, -0.05) is 12.8 Å². The van der Waals surface area contributed by atoms with E-state index in [1.807, 2.05) is 6.07 Å². The van der Waals surface area contributed by atoms with Crippen LogP contribution >= 0.6 is 0 Å². The number of hydrogen-bond acceptors (Lipinski definition) is 8. The molecule has 2 heterocycles. The first-order valence-corrected chi connectivity index (χ1v) is 10.8. The third kappa shape index (κ3) is 6.28. The van der Waals surface area contributed by atoms with Crippen LogP contribution in [0.2, 0.25) is 0 Å². The van der Waals surface area contributed by atoms with Gasteiger partial charge in [-0.15, -0.1) is 0 Å². The second kappa shape index (κ2) is 10.9. The van der Waals surface area contributed by atoms with Crippen LogP contribution in [0, 0.1) is 6.92 Å². The van der Waals surface area contributed by atoms with Crippen molar-refractivity contribution in [1.82, 2.24) is 9.97 Å². The standard InChI is InChI=1S/C22H33N7O2/c1-15-11-17(7-8-19(15)29-9-5-3-4-6-10-29)27-21-18(20(24)30)13-26-22(28-21)25-12-16(23)14-31-2/h7-8,11,13,16H,3-6,9-10,12,14,23H2,1-2H3,(H2,24,30)(H2,25,26,27,28)/t16-/m1/s1. The summed E-state index contributed by atoms with van der Waals surface area (Å²) in [5, 5.41) is 6.29. The van der Waals surface area contributed by atoms with E-state index >= 15 is 0 Å². The Morgan fingerprint density at radius 1 is 1.26 bits per heavy atom. The number of nitrogens with one attached hydrogen (secondary N) is 2. The summed E-state index contributed by atoms with van der Waals surface area (Å²) >= 11 is 0. The van der Waals surface area contributed by atoms with Gasteiger partial charge in [-0.3, -0.25) is 4.79 Å². The van der Waals surface area contributed by atoms with Crippen LogP contribution in [0.5, 0.6) is 0 Å². The summed E-state index contributed by atoms with van der Waals surface area (Å²) < 4.78 is 5.03. The second-order valence-corrected chi connectivity index (χ2v) is 7.94. The highest BCUT2D eigenvalue weighted by Crippen LogP contribution is 2.28. The highest BCUT2D eigenvalue weighted by atomic mass is 16.5. The van der Waals surface area contributed by atoms with Crippen molar-refractivity contribution in [3.63, 3.8) is 0 Å². The van der Waals surface area contributed by atoms with E-state index in [0.29, 0.717) is 24.9 Å². The van der Waals surface area contributed by atoms with Crippen LogP contribution in [0.3, 0.4) is 0 Å². The Morgan fingerprint density at radius 2 is 2.00 bits per heavy atom. The second-order valence-electron chi connectivity index (χ2n) is 7.94. The maximum atomic E-state index is 11.9. The lowest BCUT2D eigenvalue weighted by molar-refractivity contribution is 0.100. The van der Waals surface area contributed by atoms with E-state index in [2.05, 4.69) is 44.6 Å². The number of carbonyl (C=O) groups is 1. The minimum Gasteiger partial charge on any atom is -0.383 e. The molecule has 1 aliphatic heterocycles. The van der Waals surface area contributed by atoms with Crippen molar-refractivity contribution in [3.8, 4) is 0 Å². The summed E-state index contributed by atoms with van der Waals surface area (Å²) in [4.78, 5) is 22.9. The predicted molar refractivity (Wildman–Crippen MR) is 124 cm³/mol. The molecule has 0 spiro atoms. The first-order valence-electron chi connectivity index (χ1n) is 10.8. The van der Waals surface area contributed by atoms with E-state index in [9.17, 15) is 4.79 Å². The van der Waals surface area contributed by atoms with Crippen LogP contribution in [0.25, 0.3) is 0 Å². The number of aryl methyl sites for hydroxylation is 1. The lowest BCUT2D eigenvalue weighted by atomic mass is 10.1. The van der Waals surface area contributed by atoms with Gasteiger partial charge in [0, 0.05) is 50.4 Å². The van der Waals surface area contributed by atoms with Gasteiger partial charge in [0.1, 0.15) is 11.4 Å². The van der Waals surface area contributed by atoms with Crippen molar-refractivity contribution in [2.45, 2.75) is 38.6 Å². The van der Waals surface area contributed by atoms with E-state index in [4.69, 9.17) is 16.2 Å². The predicted octanol–water partition coefficient (Wildman–Crippen LogP) is 2.39. The quantitative estimate of drug-likeness (QED) is 0.480. The first-order chi connectivity index (χ1) is 15.0. The molecule has 0 aliphatic carbocycles. The Morgan fingerprint density at radius 3 is 2.65 bits per heavy atom. The molecular weight excluding hydrogens is 394 g/mol. The molecule has 31 heavy (non-hydrogen) atoms. The lowest BCUT2D eigenvalue weighted by Gasteiger charge is -2.25. The molecule has 1 fully saturated rings. The van der Waals surface area contributed by atoms with Gasteiger partial charge < -0.3 is 31.7 Å². The maximum absolute atomic E-state index is 11.9. The smallest absolute Gasteiger partial charge is 0.254 e. The monoisotopic (exact) mass is 427 g/mol. The van der Waals surface area contributed by atoms with Crippen molar-refractivity contribution in [2.24, 2.45) is 11.5 Å². The van der Waals surface area contributed by atoms with Crippen LogP contribution in [0.15, 0.2) is 24.4 Å². The molecule has 0 saturated carbocycles. The van der Waals surface area contributed by atoms with E-state index in [0.717, 1.165) is 18.8 Å². The van der Waals surface area contributed by atoms with Crippen molar-refractivity contribution in [2.75, 3.05) is 48.9 Å². The molecule has 1 aromatic heterocycles. The SMILES string of the molecule is COC[C@H](N)CNc1ncc(C(N)=O)c(Nc2ccc(N3CCCCCC3)c(C)c2)n1. The van der Waals surface area contributed by atoms with Crippen molar-refractivity contribution in [1.29, 1.82) is 0 Å². The summed E-state index contributed by atoms with van der Waals surface area (Å²) in [6.07, 6.45) is 6.47. The van der Waals surface area contributed by atoms with Crippen LogP contribution in [-0.2, 0) is 4.74 Å². The fraction of sp³-hybridized carbons (Fsp3) is 0.500. The zero-order valence-electron chi connectivity index (χ0n) is 18.4. The molecule has 1 atom stereocenters. The van der Waals surface area contributed by atoms with Gasteiger partial charge in [0.15, 0.2) is 0 Å². The van der Waals surface area contributed by atoms with Crippen LogP contribution in [-0.4, -0.2) is 55.3 Å². The molecule has 9 heteroatoms. The van der Waals surface area contributed by atoms with Gasteiger partial charge in [0.2, 0.25) is 5.95 Å². The molecule has 9 nitrogen and oxygen atoms in total. The molecule has 0 radical (unpaired) electrons. The lowest BCUT2D eigenvalue weighted by Crippen LogP contribution is -2.33. The zero-order valence-corrected chi connectivity index (χ0v) is 18.4. The van der Waals surface area contributed by atoms with E-state index in [-0.39, 0.29) is 11.6 Å². The van der Waals surface area contributed by atoms with Crippen LogP contribution in [0.4, 0.5) is 23.1 Å². The third-order valence-corrected chi connectivity index (χ3v) is 5.36. The normalized spacial score (nSPS) is 15.3. The summed E-state index contributed by atoms with van der Waals surface area (Å²) in [6.45, 7) is 5.13. The van der Waals surface area contributed by atoms with Crippen molar-refractivity contribution >= 4 is 29.0 Å². The number of amides is 1. The number of nitrogens with zero attached hydrogens (tertiary/aromatic N) is 3. The highest BCUT2D eigenvalue weighted by Gasteiger charge is 2.15. The highest BCUT2D eigenvalue weighted by molar-refractivity contribution is 5.98. The molecule has 6 N–H and O–H groups in total. The molecule has 0 bridgehead atoms. The molecule has 1 aromatic carbocycles. The third-order valence-electron chi connectivity index (χ3n) is 5.36. The Bertz CT molecular complexity index is 882. The minimum absolute atomic E-state index is 0.199. The number of rotatable bonds is 9. The van der Waals surface area contributed by atoms with E-state index < -0.39 is 5.91 Å². The fourth-order valence-electron chi connectivity index (χ4n) is 3.77. The van der Waals surface area contributed by atoms with Gasteiger partial charge in [0.25, 0.3) is 5.91 Å². The topological polar surface area (TPSA) is 131 Å². The van der Waals surface area contributed by atoms with Crippen molar-refractivity contribution < 1.29 is 9.53 Å². The first kappa shape index (κ1) is 22.8. The van der Waals surface area contributed by atoms with Crippen LogP contribution in [0.1, 0.15) is 41.6 Å². The average Bonchev–Trinajstić information content (AvgIpc) is 3.02. The molecular formula is C22H33N7O2. The van der Waals surface area contributed by atoms with E-state index in [1.54, 1.807) is 7.11 Å². The zero-order chi connectivity index (χ0) is 22.2.